The summed E-state index contributed by atoms with van der Waals surface area (Å²) in [5.41, 5.74) is 4.96. The fourth-order valence-corrected chi connectivity index (χ4v) is 5.25. The number of nitrogens with zero attached hydrogens (tertiary/aromatic N) is 2. The van der Waals surface area contributed by atoms with Crippen LogP contribution in [0, 0.1) is 19.7 Å². The first kappa shape index (κ1) is 21.8. The minimum absolute atomic E-state index is 0.199. The molecular formula is C26H21BrFN3OS. The molecule has 166 valence electrons. The van der Waals surface area contributed by atoms with Gasteiger partial charge in [-0.15, -0.1) is 0 Å². The van der Waals surface area contributed by atoms with Gasteiger partial charge in [-0.05, 0) is 108 Å². The van der Waals surface area contributed by atoms with E-state index in [-0.39, 0.29) is 17.9 Å². The molecule has 4 nitrogen and oxygen atoms in total. The van der Waals surface area contributed by atoms with Crippen LogP contribution in [0.3, 0.4) is 0 Å². The van der Waals surface area contributed by atoms with E-state index >= 15 is 0 Å². The standard InChI is InChI=1S/C26H21BrFN3OS/c1-15-11-16(2)13-18(12-15)31-25(24(30-26(31)33)21-5-3-4-10-29-21)23-9-8-22(32-23)19-7-6-17(28)14-20(19)27/h3-14,24-25H,1-2H3,(H,30,33)/t24-,25-/m1/s1. The SMILES string of the molecule is Cc1cc(C)cc(N2C(=S)N[C@H](c3ccccn3)[C@H]2c2ccc(-c3ccc(F)cc3Br)o2)c1. The Morgan fingerprint density at radius 3 is 2.52 bits per heavy atom. The van der Waals surface area contributed by atoms with Crippen LogP contribution in [0.2, 0.25) is 0 Å². The van der Waals surface area contributed by atoms with E-state index in [2.05, 4.69) is 63.2 Å². The predicted octanol–water partition coefficient (Wildman–Crippen LogP) is 7.04. The van der Waals surface area contributed by atoms with Gasteiger partial charge in [0.05, 0.1) is 11.7 Å². The van der Waals surface area contributed by atoms with Crippen LogP contribution < -0.4 is 10.2 Å². The van der Waals surface area contributed by atoms with Crippen LogP contribution in [0.25, 0.3) is 11.3 Å². The minimum Gasteiger partial charge on any atom is -0.459 e. The van der Waals surface area contributed by atoms with E-state index in [1.165, 1.54) is 12.1 Å². The zero-order valence-electron chi connectivity index (χ0n) is 18.0. The highest BCUT2D eigenvalue weighted by Crippen LogP contribution is 2.43. The first-order chi connectivity index (χ1) is 15.9. The predicted molar refractivity (Wildman–Crippen MR) is 136 cm³/mol. The summed E-state index contributed by atoms with van der Waals surface area (Å²) in [4.78, 5) is 6.68. The summed E-state index contributed by atoms with van der Waals surface area (Å²) < 4.78 is 20.6. The summed E-state index contributed by atoms with van der Waals surface area (Å²) >= 11 is 9.24. The van der Waals surface area contributed by atoms with Crippen molar-refractivity contribution in [1.82, 2.24) is 10.3 Å². The molecule has 0 spiro atoms. The summed E-state index contributed by atoms with van der Waals surface area (Å²) in [6.07, 6.45) is 1.78. The molecule has 0 amide bonds. The molecule has 1 aliphatic heterocycles. The first-order valence-electron chi connectivity index (χ1n) is 10.5. The van der Waals surface area contributed by atoms with Crippen LogP contribution in [0.4, 0.5) is 10.1 Å². The van der Waals surface area contributed by atoms with Crippen LogP contribution in [0.1, 0.15) is 34.7 Å². The second-order valence-electron chi connectivity index (χ2n) is 8.17. The number of halogens is 2. The van der Waals surface area contributed by atoms with Gasteiger partial charge in [-0.3, -0.25) is 4.98 Å². The molecule has 4 aromatic rings. The Morgan fingerprint density at radius 1 is 1.03 bits per heavy atom. The monoisotopic (exact) mass is 521 g/mol. The Hall–Kier alpha value is -3.03. The molecule has 1 fully saturated rings. The van der Waals surface area contributed by atoms with Gasteiger partial charge in [-0.1, -0.05) is 12.1 Å². The maximum atomic E-state index is 13.6. The molecule has 1 saturated heterocycles. The minimum atomic E-state index is -0.307. The normalized spacial score (nSPS) is 17.9. The van der Waals surface area contributed by atoms with Crippen LogP contribution in [-0.4, -0.2) is 10.1 Å². The van der Waals surface area contributed by atoms with E-state index in [0.717, 1.165) is 33.8 Å². The molecule has 7 heteroatoms. The van der Waals surface area contributed by atoms with Crippen LogP contribution >= 0.6 is 28.1 Å². The molecule has 0 unspecified atom stereocenters. The molecule has 1 N–H and O–H groups in total. The van der Waals surface area contributed by atoms with E-state index in [0.29, 0.717) is 15.3 Å². The van der Waals surface area contributed by atoms with Gasteiger partial charge in [-0.25, -0.2) is 4.39 Å². The smallest absolute Gasteiger partial charge is 0.174 e. The van der Waals surface area contributed by atoms with Gasteiger partial charge in [0.15, 0.2) is 5.11 Å². The highest BCUT2D eigenvalue weighted by atomic mass is 79.9. The van der Waals surface area contributed by atoms with Crippen LogP contribution in [-0.2, 0) is 0 Å². The lowest BCUT2D eigenvalue weighted by Gasteiger charge is -2.26. The van der Waals surface area contributed by atoms with Crippen molar-refractivity contribution in [1.29, 1.82) is 0 Å². The average Bonchev–Trinajstić information content (AvgIpc) is 3.38. The van der Waals surface area contributed by atoms with Gasteiger partial charge < -0.3 is 14.6 Å². The van der Waals surface area contributed by atoms with Crippen molar-refractivity contribution in [2.75, 3.05) is 4.90 Å². The number of thiocarbonyl (C=S) groups is 1. The third-order valence-corrected chi connectivity index (χ3v) is 6.67. The number of furan rings is 1. The molecule has 0 bridgehead atoms. The number of benzene rings is 2. The Bertz CT molecular complexity index is 1320. The van der Waals surface area contributed by atoms with E-state index in [9.17, 15) is 4.39 Å². The fraction of sp³-hybridized carbons (Fsp3) is 0.154. The van der Waals surface area contributed by atoms with Crippen molar-refractivity contribution in [3.05, 3.63) is 106 Å². The highest BCUT2D eigenvalue weighted by Gasteiger charge is 2.42. The molecule has 5 rings (SSSR count). The second-order valence-corrected chi connectivity index (χ2v) is 9.41. The van der Waals surface area contributed by atoms with E-state index in [1.807, 2.05) is 30.3 Å². The third kappa shape index (κ3) is 4.18. The van der Waals surface area contributed by atoms with E-state index < -0.39 is 0 Å². The second kappa shape index (κ2) is 8.72. The number of anilines is 1. The van der Waals surface area contributed by atoms with Gasteiger partial charge in [0, 0.05) is 21.9 Å². The molecule has 0 aliphatic carbocycles. The lowest BCUT2D eigenvalue weighted by molar-refractivity contribution is 0.439. The molecule has 2 aromatic carbocycles. The zero-order chi connectivity index (χ0) is 23.1. The Kier molecular flexibility index (Phi) is 5.76. The molecule has 2 aromatic heterocycles. The third-order valence-electron chi connectivity index (χ3n) is 5.70. The number of rotatable bonds is 4. The van der Waals surface area contributed by atoms with Gasteiger partial charge in [0.2, 0.25) is 0 Å². The van der Waals surface area contributed by atoms with E-state index in [4.69, 9.17) is 16.6 Å². The van der Waals surface area contributed by atoms with E-state index in [1.54, 1.807) is 12.3 Å². The van der Waals surface area contributed by atoms with Crippen LogP contribution in [0.15, 0.2) is 81.8 Å². The topological polar surface area (TPSA) is 41.3 Å². The summed E-state index contributed by atoms with van der Waals surface area (Å²) in [5.74, 6) is 1.08. The van der Waals surface area contributed by atoms with Crippen molar-refractivity contribution in [2.45, 2.75) is 25.9 Å². The molecule has 3 heterocycles. The number of hydrogen-bond acceptors (Lipinski definition) is 3. The van der Waals surface area contributed by atoms with Gasteiger partial charge in [0.1, 0.15) is 23.4 Å². The fourth-order valence-electron chi connectivity index (χ4n) is 4.36. The van der Waals surface area contributed by atoms with Crippen LogP contribution in [0.5, 0.6) is 0 Å². The summed E-state index contributed by atoms with van der Waals surface area (Å²) in [6.45, 7) is 4.15. The Balaban J connectivity index is 1.62. The highest BCUT2D eigenvalue weighted by molar-refractivity contribution is 9.10. The number of pyridine rings is 1. The summed E-state index contributed by atoms with van der Waals surface area (Å²) in [5, 5.41) is 4.06. The number of aromatic nitrogens is 1. The number of nitrogens with one attached hydrogen (secondary N) is 1. The Morgan fingerprint density at radius 2 is 1.82 bits per heavy atom. The quantitative estimate of drug-likeness (QED) is 0.291. The Labute approximate surface area is 205 Å². The zero-order valence-corrected chi connectivity index (χ0v) is 20.5. The number of aryl methyl sites for hydroxylation is 2. The van der Waals surface area contributed by atoms with Gasteiger partial charge in [-0.2, -0.15) is 0 Å². The molecule has 0 saturated carbocycles. The lowest BCUT2D eigenvalue weighted by atomic mass is 10.0. The average molecular weight is 522 g/mol. The lowest BCUT2D eigenvalue weighted by Crippen LogP contribution is -2.29. The van der Waals surface area contributed by atoms with Crippen molar-refractivity contribution < 1.29 is 8.81 Å². The van der Waals surface area contributed by atoms with Crippen molar-refractivity contribution in [3.8, 4) is 11.3 Å². The maximum absolute atomic E-state index is 13.6. The van der Waals surface area contributed by atoms with Crippen molar-refractivity contribution >= 4 is 38.9 Å². The molecule has 0 radical (unpaired) electrons. The van der Waals surface area contributed by atoms with Gasteiger partial charge in [0.25, 0.3) is 0 Å². The van der Waals surface area contributed by atoms with Crippen molar-refractivity contribution in [2.24, 2.45) is 0 Å². The summed E-state index contributed by atoms with van der Waals surface area (Å²) in [6, 6.07) is 20.2. The summed E-state index contributed by atoms with van der Waals surface area (Å²) in [7, 11) is 0. The number of hydrogen-bond donors (Lipinski definition) is 1. The maximum Gasteiger partial charge on any atom is 0.174 e. The van der Waals surface area contributed by atoms with Crippen molar-refractivity contribution in [3.63, 3.8) is 0 Å². The largest absolute Gasteiger partial charge is 0.459 e. The first-order valence-corrected chi connectivity index (χ1v) is 11.7. The molecule has 2 atom stereocenters. The molecule has 33 heavy (non-hydrogen) atoms. The molecular weight excluding hydrogens is 501 g/mol. The van der Waals surface area contributed by atoms with Gasteiger partial charge >= 0.3 is 0 Å². The molecule has 1 aliphatic rings.